The zero-order valence-electron chi connectivity index (χ0n) is 12.9. The molecule has 1 fully saturated rings. The van der Waals surface area contributed by atoms with Gasteiger partial charge in [-0.05, 0) is 37.0 Å². The first-order valence-corrected chi connectivity index (χ1v) is 7.87. The SMILES string of the molecule is COc1ccc(CCNC(=O)C2(CN)CCOCC2)c(Cl)c1. The molecule has 0 aliphatic carbocycles. The van der Waals surface area contributed by atoms with Gasteiger partial charge in [0.1, 0.15) is 5.75 Å². The maximum absolute atomic E-state index is 12.4. The summed E-state index contributed by atoms with van der Waals surface area (Å²) in [6, 6.07) is 5.56. The first kappa shape index (κ1) is 17.1. The second kappa shape index (κ2) is 7.81. The standard InChI is InChI=1S/C16H23ClN2O3/c1-21-13-3-2-12(14(17)10-13)4-7-19-15(20)16(11-18)5-8-22-9-6-16/h2-3,10H,4-9,11,18H2,1H3,(H,19,20). The van der Waals surface area contributed by atoms with Gasteiger partial charge in [-0.25, -0.2) is 0 Å². The van der Waals surface area contributed by atoms with Crippen molar-refractivity contribution in [3.8, 4) is 5.75 Å². The number of halogens is 1. The zero-order valence-corrected chi connectivity index (χ0v) is 13.6. The highest BCUT2D eigenvalue weighted by Crippen LogP contribution is 2.29. The van der Waals surface area contributed by atoms with Gasteiger partial charge in [0.25, 0.3) is 0 Å². The van der Waals surface area contributed by atoms with Crippen molar-refractivity contribution in [3.63, 3.8) is 0 Å². The van der Waals surface area contributed by atoms with Gasteiger partial charge in [-0.2, -0.15) is 0 Å². The summed E-state index contributed by atoms with van der Waals surface area (Å²) in [5.74, 6) is 0.741. The van der Waals surface area contributed by atoms with Crippen LogP contribution in [0.4, 0.5) is 0 Å². The molecule has 1 saturated heterocycles. The van der Waals surface area contributed by atoms with E-state index >= 15 is 0 Å². The van der Waals surface area contributed by atoms with Gasteiger partial charge in [0.05, 0.1) is 12.5 Å². The van der Waals surface area contributed by atoms with Crippen LogP contribution in [0.25, 0.3) is 0 Å². The van der Waals surface area contributed by atoms with E-state index in [0.29, 0.717) is 50.6 Å². The predicted molar refractivity (Wildman–Crippen MR) is 86.3 cm³/mol. The van der Waals surface area contributed by atoms with Gasteiger partial charge < -0.3 is 20.5 Å². The van der Waals surface area contributed by atoms with Gasteiger partial charge in [-0.15, -0.1) is 0 Å². The average molecular weight is 327 g/mol. The molecule has 6 heteroatoms. The number of amides is 1. The molecule has 5 nitrogen and oxygen atoms in total. The highest BCUT2D eigenvalue weighted by Gasteiger charge is 2.38. The number of hydrogen-bond acceptors (Lipinski definition) is 4. The molecule has 0 saturated carbocycles. The number of rotatable bonds is 6. The Hall–Kier alpha value is -1.30. The number of benzene rings is 1. The van der Waals surface area contributed by atoms with Crippen LogP contribution in [0.5, 0.6) is 5.75 Å². The Morgan fingerprint density at radius 3 is 2.77 bits per heavy atom. The first-order valence-electron chi connectivity index (χ1n) is 7.50. The summed E-state index contributed by atoms with van der Waals surface area (Å²) >= 11 is 6.20. The van der Waals surface area contributed by atoms with Crippen LogP contribution in [-0.2, 0) is 16.0 Å². The highest BCUT2D eigenvalue weighted by molar-refractivity contribution is 6.31. The van der Waals surface area contributed by atoms with Gasteiger partial charge in [0, 0.05) is 31.3 Å². The molecule has 0 spiro atoms. The van der Waals surface area contributed by atoms with Crippen molar-refractivity contribution in [3.05, 3.63) is 28.8 Å². The van der Waals surface area contributed by atoms with E-state index in [0.717, 1.165) is 11.3 Å². The summed E-state index contributed by atoms with van der Waals surface area (Å²) in [4.78, 5) is 12.4. The maximum Gasteiger partial charge on any atom is 0.227 e. The summed E-state index contributed by atoms with van der Waals surface area (Å²) < 4.78 is 10.4. The number of hydrogen-bond donors (Lipinski definition) is 2. The number of methoxy groups -OCH3 is 1. The fourth-order valence-electron chi connectivity index (χ4n) is 2.64. The molecule has 1 aliphatic rings. The van der Waals surface area contributed by atoms with E-state index in [1.54, 1.807) is 13.2 Å². The Morgan fingerprint density at radius 2 is 2.18 bits per heavy atom. The van der Waals surface area contributed by atoms with Gasteiger partial charge in [0.15, 0.2) is 0 Å². The summed E-state index contributed by atoms with van der Waals surface area (Å²) in [5, 5.41) is 3.63. The Bertz CT molecular complexity index is 516. The third kappa shape index (κ3) is 3.91. The van der Waals surface area contributed by atoms with Crippen molar-refractivity contribution in [2.45, 2.75) is 19.3 Å². The molecule has 0 aromatic heterocycles. The van der Waals surface area contributed by atoms with Gasteiger partial charge in [0.2, 0.25) is 5.91 Å². The summed E-state index contributed by atoms with van der Waals surface area (Å²) in [6.45, 7) is 2.07. The van der Waals surface area contributed by atoms with E-state index in [2.05, 4.69) is 5.32 Å². The average Bonchev–Trinajstić information content (AvgIpc) is 2.56. The van der Waals surface area contributed by atoms with Gasteiger partial charge in [-0.1, -0.05) is 17.7 Å². The lowest BCUT2D eigenvalue weighted by molar-refractivity contribution is -0.135. The molecule has 0 unspecified atom stereocenters. The zero-order chi connectivity index (χ0) is 16.0. The number of nitrogens with two attached hydrogens (primary N) is 1. The molecule has 1 heterocycles. The monoisotopic (exact) mass is 326 g/mol. The number of ether oxygens (including phenoxy) is 2. The third-order valence-corrected chi connectivity index (χ3v) is 4.61. The molecular weight excluding hydrogens is 304 g/mol. The number of carbonyl (C=O) groups is 1. The molecule has 122 valence electrons. The third-order valence-electron chi connectivity index (χ3n) is 4.26. The second-order valence-electron chi connectivity index (χ2n) is 5.56. The molecule has 3 N–H and O–H groups in total. The van der Waals surface area contributed by atoms with Gasteiger partial charge in [-0.3, -0.25) is 4.79 Å². The van der Waals surface area contributed by atoms with E-state index in [4.69, 9.17) is 26.8 Å². The van der Waals surface area contributed by atoms with Crippen LogP contribution in [0.15, 0.2) is 18.2 Å². The van der Waals surface area contributed by atoms with E-state index in [1.165, 1.54) is 0 Å². The Labute approximate surface area is 136 Å². The smallest absolute Gasteiger partial charge is 0.227 e. The quantitative estimate of drug-likeness (QED) is 0.835. The fraction of sp³-hybridized carbons (Fsp3) is 0.562. The van der Waals surface area contributed by atoms with Crippen LogP contribution < -0.4 is 15.8 Å². The molecule has 1 aromatic rings. The van der Waals surface area contributed by atoms with Crippen molar-refractivity contribution >= 4 is 17.5 Å². The van der Waals surface area contributed by atoms with Crippen LogP contribution in [0.2, 0.25) is 5.02 Å². The highest BCUT2D eigenvalue weighted by atomic mass is 35.5. The van der Waals surface area contributed by atoms with Crippen molar-refractivity contribution in [1.82, 2.24) is 5.32 Å². The second-order valence-corrected chi connectivity index (χ2v) is 5.97. The lowest BCUT2D eigenvalue weighted by atomic mass is 9.79. The lowest BCUT2D eigenvalue weighted by Gasteiger charge is -2.34. The molecule has 22 heavy (non-hydrogen) atoms. The van der Waals surface area contributed by atoms with E-state index in [1.807, 2.05) is 12.1 Å². The van der Waals surface area contributed by atoms with Crippen LogP contribution in [-0.4, -0.2) is 39.3 Å². The van der Waals surface area contributed by atoms with Crippen molar-refractivity contribution in [1.29, 1.82) is 0 Å². The normalized spacial score (nSPS) is 17.0. The Morgan fingerprint density at radius 1 is 1.45 bits per heavy atom. The molecule has 0 radical (unpaired) electrons. The van der Waals surface area contributed by atoms with E-state index in [9.17, 15) is 4.79 Å². The molecule has 0 atom stereocenters. The molecule has 2 rings (SSSR count). The van der Waals surface area contributed by atoms with E-state index < -0.39 is 5.41 Å². The Balaban J connectivity index is 1.88. The minimum atomic E-state index is -0.484. The molecular formula is C16H23ClN2O3. The fourth-order valence-corrected chi connectivity index (χ4v) is 2.91. The van der Waals surface area contributed by atoms with Crippen molar-refractivity contribution < 1.29 is 14.3 Å². The number of nitrogens with one attached hydrogen (secondary N) is 1. The predicted octanol–water partition coefficient (Wildman–Crippen LogP) is 1.76. The first-order chi connectivity index (χ1) is 10.6. The van der Waals surface area contributed by atoms with Crippen LogP contribution in [0.3, 0.4) is 0 Å². The Kier molecular flexibility index (Phi) is 6.06. The molecule has 0 bridgehead atoms. The minimum absolute atomic E-state index is 0.0166. The molecule has 1 aromatic carbocycles. The minimum Gasteiger partial charge on any atom is -0.497 e. The topological polar surface area (TPSA) is 73.6 Å². The van der Waals surface area contributed by atoms with Crippen molar-refractivity contribution in [2.75, 3.05) is 33.4 Å². The summed E-state index contributed by atoms with van der Waals surface area (Å²) in [7, 11) is 1.60. The largest absolute Gasteiger partial charge is 0.497 e. The van der Waals surface area contributed by atoms with E-state index in [-0.39, 0.29) is 5.91 Å². The van der Waals surface area contributed by atoms with Crippen LogP contribution in [0.1, 0.15) is 18.4 Å². The van der Waals surface area contributed by atoms with Crippen LogP contribution >= 0.6 is 11.6 Å². The summed E-state index contributed by atoms with van der Waals surface area (Å²) in [6.07, 6.45) is 2.03. The number of carbonyl (C=O) groups excluding carboxylic acids is 1. The van der Waals surface area contributed by atoms with Gasteiger partial charge >= 0.3 is 0 Å². The summed E-state index contributed by atoms with van der Waals surface area (Å²) in [5.41, 5.74) is 6.33. The van der Waals surface area contributed by atoms with Crippen LogP contribution in [0, 0.1) is 5.41 Å². The maximum atomic E-state index is 12.4. The molecule has 1 aliphatic heterocycles. The van der Waals surface area contributed by atoms with Crippen molar-refractivity contribution in [2.24, 2.45) is 11.1 Å². The molecule has 1 amide bonds. The lowest BCUT2D eigenvalue weighted by Crippen LogP contribution is -2.49.